The van der Waals surface area contributed by atoms with E-state index in [1.807, 2.05) is 31.2 Å². The van der Waals surface area contributed by atoms with Gasteiger partial charge in [0.1, 0.15) is 5.75 Å². The highest BCUT2D eigenvalue weighted by atomic mass is 79.9. The number of hydrazine groups is 1. The molecule has 1 aromatic heterocycles. The summed E-state index contributed by atoms with van der Waals surface area (Å²) in [6, 6.07) is 7.41. The summed E-state index contributed by atoms with van der Waals surface area (Å²) in [6.07, 6.45) is 3.44. The second kappa shape index (κ2) is 7.04. The van der Waals surface area contributed by atoms with Gasteiger partial charge < -0.3 is 4.74 Å². The molecule has 0 amide bonds. The molecule has 1 unspecified atom stereocenters. The maximum atomic E-state index is 6.01. The van der Waals surface area contributed by atoms with E-state index in [2.05, 4.69) is 26.3 Å². The molecule has 1 atom stereocenters. The number of hydrogen-bond donors (Lipinski definition) is 2. The molecule has 0 bridgehead atoms. The molecule has 0 spiro atoms. The lowest BCUT2D eigenvalue weighted by Gasteiger charge is -2.18. The van der Waals surface area contributed by atoms with Gasteiger partial charge in [-0.25, -0.2) is 5.43 Å². The summed E-state index contributed by atoms with van der Waals surface area (Å²) in [7, 11) is 0. The predicted molar refractivity (Wildman–Crippen MR) is 83.7 cm³/mol. The fourth-order valence-electron chi connectivity index (χ4n) is 1.92. The van der Waals surface area contributed by atoms with E-state index in [0.717, 1.165) is 21.3 Å². The van der Waals surface area contributed by atoms with Gasteiger partial charge in [0.15, 0.2) is 0 Å². The van der Waals surface area contributed by atoms with Crippen molar-refractivity contribution in [3.63, 3.8) is 0 Å². The Morgan fingerprint density at radius 3 is 2.80 bits per heavy atom. The fourth-order valence-corrected chi connectivity index (χ4v) is 2.43. The van der Waals surface area contributed by atoms with Gasteiger partial charge in [-0.3, -0.25) is 10.8 Å². The van der Waals surface area contributed by atoms with Gasteiger partial charge in [0.2, 0.25) is 0 Å². The minimum absolute atomic E-state index is 0.184. The van der Waals surface area contributed by atoms with Crippen LogP contribution in [0, 0.1) is 0 Å². The van der Waals surface area contributed by atoms with Crippen LogP contribution in [0.2, 0.25) is 5.02 Å². The second-order valence-electron chi connectivity index (χ2n) is 4.16. The van der Waals surface area contributed by atoms with Crippen molar-refractivity contribution in [2.75, 3.05) is 6.61 Å². The zero-order chi connectivity index (χ0) is 14.5. The lowest BCUT2D eigenvalue weighted by atomic mass is 10.0. The number of aromatic nitrogens is 1. The van der Waals surface area contributed by atoms with Crippen LogP contribution in [-0.2, 0) is 0 Å². The molecule has 0 aliphatic rings. The van der Waals surface area contributed by atoms with Crippen molar-refractivity contribution in [2.24, 2.45) is 5.84 Å². The van der Waals surface area contributed by atoms with Crippen LogP contribution in [0.1, 0.15) is 24.1 Å². The van der Waals surface area contributed by atoms with Crippen LogP contribution in [-0.4, -0.2) is 11.6 Å². The van der Waals surface area contributed by atoms with E-state index in [-0.39, 0.29) is 6.04 Å². The highest BCUT2D eigenvalue weighted by Gasteiger charge is 2.14. The van der Waals surface area contributed by atoms with Crippen LogP contribution >= 0.6 is 27.5 Å². The van der Waals surface area contributed by atoms with Crippen molar-refractivity contribution in [1.82, 2.24) is 10.4 Å². The molecule has 3 N–H and O–H groups in total. The number of nitrogens with zero attached hydrogens (tertiary/aromatic N) is 1. The molecule has 6 heteroatoms. The van der Waals surface area contributed by atoms with E-state index >= 15 is 0 Å². The van der Waals surface area contributed by atoms with Gasteiger partial charge in [-0.2, -0.15) is 0 Å². The van der Waals surface area contributed by atoms with Crippen molar-refractivity contribution in [3.8, 4) is 5.75 Å². The minimum Gasteiger partial charge on any atom is -0.492 e. The molecule has 0 saturated heterocycles. The topological polar surface area (TPSA) is 60.2 Å². The second-order valence-corrected chi connectivity index (χ2v) is 5.42. The maximum absolute atomic E-state index is 6.01. The predicted octanol–water partition coefficient (Wildman–Crippen LogP) is 3.45. The normalized spacial score (nSPS) is 12.2. The molecule has 1 heterocycles. The van der Waals surface area contributed by atoms with Crippen LogP contribution in [0.3, 0.4) is 0 Å². The number of benzene rings is 1. The standard InChI is InChI=1S/C14H15BrClN3O/c1-2-20-11-5-10(7-18-8-11)14(19-17)9-3-4-13(16)12(15)6-9/h3-8,14,19H,2,17H2,1H3. The Balaban J connectivity index is 2.36. The molecular weight excluding hydrogens is 342 g/mol. The molecule has 4 nitrogen and oxygen atoms in total. The van der Waals surface area contributed by atoms with Gasteiger partial charge in [-0.15, -0.1) is 0 Å². The minimum atomic E-state index is -0.184. The first-order valence-corrected chi connectivity index (χ1v) is 7.31. The number of halogens is 2. The largest absolute Gasteiger partial charge is 0.492 e. The zero-order valence-corrected chi connectivity index (χ0v) is 13.3. The van der Waals surface area contributed by atoms with Gasteiger partial charge in [-0.1, -0.05) is 17.7 Å². The number of hydrogen-bond acceptors (Lipinski definition) is 4. The van der Waals surface area contributed by atoms with Gasteiger partial charge in [0, 0.05) is 10.7 Å². The third kappa shape index (κ3) is 3.49. The highest BCUT2D eigenvalue weighted by molar-refractivity contribution is 9.10. The third-order valence-corrected chi connectivity index (χ3v) is 4.04. The van der Waals surface area contributed by atoms with Crippen molar-refractivity contribution < 1.29 is 4.74 Å². The Morgan fingerprint density at radius 2 is 2.15 bits per heavy atom. The number of nitrogens with one attached hydrogen (secondary N) is 1. The SMILES string of the molecule is CCOc1cncc(C(NN)c2ccc(Cl)c(Br)c2)c1. The molecule has 20 heavy (non-hydrogen) atoms. The van der Waals surface area contributed by atoms with Gasteiger partial charge in [-0.05, 0) is 52.2 Å². The van der Waals surface area contributed by atoms with Crippen LogP contribution < -0.4 is 16.0 Å². The molecule has 0 saturated carbocycles. The highest BCUT2D eigenvalue weighted by Crippen LogP contribution is 2.29. The number of rotatable bonds is 5. The van der Waals surface area contributed by atoms with E-state index in [9.17, 15) is 0 Å². The van der Waals surface area contributed by atoms with Crippen LogP contribution in [0.25, 0.3) is 0 Å². The molecular formula is C14H15BrClN3O. The van der Waals surface area contributed by atoms with Crippen LogP contribution in [0.15, 0.2) is 41.1 Å². The number of ether oxygens (including phenoxy) is 1. The molecule has 2 aromatic rings. The van der Waals surface area contributed by atoms with Crippen molar-refractivity contribution >= 4 is 27.5 Å². The number of pyridine rings is 1. The van der Waals surface area contributed by atoms with E-state index in [1.54, 1.807) is 12.4 Å². The van der Waals surface area contributed by atoms with Gasteiger partial charge in [0.05, 0.1) is 23.9 Å². The number of nitrogens with two attached hydrogens (primary N) is 1. The van der Waals surface area contributed by atoms with E-state index in [1.165, 1.54) is 0 Å². The smallest absolute Gasteiger partial charge is 0.137 e. The van der Waals surface area contributed by atoms with Crippen LogP contribution in [0.4, 0.5) is 0 Å². The summed E-state index contributed by atoms with van der Waals surface area (Å²) in [6.45, 7) is 2.53. The summed E-state index contributed by atoms with van der Waals surface area (Å²) in [5.74, 6) is 6.40. The first kappa shape index (κ1) is 15.3. The molecule has 106 valence electrons. The molecule has 0 radical (unpaired) electrons. The van der Waals surface area contributed by atoms with Crippen molar-refractivity contribution in [1.29, 1.82) is 0 Å². The monoisotopic (exact) mass is 355 g/mol. The maximum Gasteiger partial charge on any atom is 0.137 e. The van der Waals surface area contributed by atoms with Crippen LogP contribution in [0.5, 0.6) is 5.75 Å². The Hall–Kier alpha value is -1.14. The molecule has 2 rings (SSSR count). The fraction of sp³-hybridized carbons (Fsp3) is 0.214. The van der Waals surface area contributed by atoms with E-state index in [4.69, 9.17) is 22.2 Å². The Kier molecular flexibility index (Phi) is 5.37. The summed E-state index contributed by atoms with van der Waals surface area (Å²) in [5.41, 5.74) is 4.70. The lowest BCUT2D eigenvalue weighted by molar-refractivity contribution is 0.338. The van der Waals surface area contributed by atoms with E-state index < -0.39 is 0 Å². The Morgan fingerprint density at radius 1 is 1.35 bits per heavy atom. The van der Waals surface area contributed by atoms with Crippen molar-refractivity contribution in [2.45, 2.75) is 13.0 Å². The Labute approximate surface area is 131 Å². The third-order valence-electron chi connectivity index (χ3n) is 2.82. The molecule has 0 aliphatic carbocycles. The first-order valence-electron chi connectivity index (χ1n) is 6.14. The zero-order valence-electron chi connectivity index (χ0n) is 10.9. The summed E-state index contributed by atoms with van der Waals surface area (Å²) >= 11 is 9.42. The van der Waals surface area contributed by atoms with Gasteiger partial charge >= 0.3 is 0 Å². The summed E-state index contributed by atoms with van der Waals surface area (Å²) in [4.78, 5) is 4.18. The summed E-state index contributed by atoms with van der Waals surface area (Å²) < 4.78 is 6.28. The average molecular weight is 357 g/mol. The molecule has 1 aromatic carbocycles. The lowest BCUT2D eigenvalue weighted by Crippen LogP contribution is -2.29. The Bertz CT molecular complexity index is 594. The van der Waals surface area contributed by atoms with E-state index in [0.29, 0.717) is 11.6 Å². The van der Waals surface area contributed by atoms with Crippen molar-refractivity contribution in [3.05, 3.63) is 57.3 Å². The molecule has 0 aliphatic heterocycles. The quantitative estimate of drug-likeness (QED) is 0.636. The first-order chi connectivity index (χ1) is 9.65. The van der Waals surface area contributed by atoms with Gasteiger partial charge in [0.25, 0.3) is 0 Å². The molecule has 0 fully saturated rings. The summed E-state index contributed by atoms with van der Waals surface area (Å²) in [5, 5.41) is 0.658. The average Bonchev–Trinajstić information content (AvgIpc) is 2.44.